The van der Waals surface area contributed by atoms with Crippen LogP contribution >= 0.6 is 0 Å². The van der Waals surface area contributed by atoms with E-state index in [0.29, 0.717) is 6.54 Å². The maximum atomic E-state index is 13.0. The first-order valence-electron chi connectivity index (χ1n) is 6.35. The summed E-state index contributed by atoms with van der Waals surface area (Å²) in [6, 6.07) is 3.05. The second-order valence-corrected chi connectivity index (χ2v) is 4.83. The lowest BCUT2D eigenvalue weighted by atomic mass is 10.1. The summed E-state index contributed by atoms with van der Waals surface area (Å²) in [5.74, 6) is -0.771. The molecule has 1 atom stereocenters. The summed E-state index contributed by atoms with van der Waals surface area (Å²) in [6.45, 7) is 4.49. The van der Waals surface area contributed by atoms with Gasteiger partial charge in [0.25, 0.3) is 0 Å². The molecule has 7 heteroatoms. The third-order valence-corrected chi connectivity index (χ3v) is 2.59. The van der Waals surface area contributed by atoms with E-state index in [1.807, 2.05) is 6.92 Å². The number of ether oxygens (including phenoxy) is 1. The molecule has 2 N–H and O–H groups in total. The van der Waals surface area contributed by atoms with Gasteiger partial charge in [-0.25, -0.2) is 4.39 Å². The number of nitrogens with zero attached hydrogens (tertiary/aromatic N) is 1. The smallest absolute Gasteiger partial charge is 0.313 e. The molecular weight excluding hydrogens is 267 g/mol. The minimum atomic E-state index is -1.17. The van der Waals surface area contributed by atoms with Gasteiger partial charge < -0.3 is 15.2 Å². The zero-order valence-electron chi connectivity index (χ0n) is 11.6. The van der Waals surface area contributed by atoms with Crippen LogP contribution in [0, 0.1) is 15.9 Å². The monoisotopic (exact) mass is 286 g/mol. The molecule has 0 spiro atoms. The van der Waals surface area contributed by atoms with Gasteiger partial charge in [-0.2, -0.15) is 0 Å². The summed E-state index contributed by atoms with van der Waals surface area (Å²) in [7, 11) is 0. The lowest BCUT2D eigenvalue weighted by Gasteiger charge is -2.23. The van der Waals surface area contributed by atoms with Crippen LogP contribution in [0.1, 0.15) is 20.3 Å². The summed E-state index contributed by atoms with van der Waals surface area (Å²) in [5.41, 5.74) is -1.63. The first kappa shape index (κ1) is 16.3. The highest BCUT2D eigenvalue weighted by atomic mass is 19.1. The molecule has 0 aliphatic heterocycles. The molecule has 0 heterocycles. The SMILES string of the molecule is CCCNCC(C)(O)COc1ccc(F)cc1[N+](=O)[O-]. The zero-order valence-corrected chi connectivity index (χ0v) is 11.6. The minimum absolute atomic E-state index is 0.0628. The summed E-state index contributed by atoms with van der Waals surface area (Å²) in [6.07, 6.45) is 0.931. The topological polar surface area (TPSA) is 84.6 Å². The van der Waals surface area contributed by atoms with Crippen molar-refractivity contribution in [1.82, 2.24) is 5.32 Å². The molecule has 6 nitrogen and oxygen atoms in total. The van der Waals surface area contributed by atoms with Crippen LogP contribution < -0.4 is 10.1 Å². The Morgan fingerprint density at radius 3 is 2.85 bits per heavy atom. The van der Waals surface area contributed by atoms with Gasteiger partial charge in [0, 0.05) is 6.54 Å². The van der Waals surface area contributed by atoms with E-state index >= 15 is 0 Å². The van der Waals surface area contributed by atoms with Crippen molar-refractivity contribution in [3.8, 4) is 5.75 Å². The summed E-state index contributed by atoms with van der Waals surface area (Å²) < 4.78 is 18.2. The molecule has 0 saturated heterocycles. The highest BCUT2D eigenvalue weighted by molar-refractivity contribution is 5.46. The van der Waals surface area contributed by atoms with Gasteiger partial charge in [-0.15, -0.1) is 0 Å². The molecule has 0 saturated carbocycles. The van der Waals surface area contributed by atoms with E-state index in [1.54, 1.807) is 6.92 Å². The number of hydrogen-bond acceptors (Lipinski definition) is 5. The summed E-state index contributed by atoms with van der Waals surface area (Å²) in [5, 5.41) is 23.9. The van der Waals surface area contributed by atoms with Crippen LogP contribution in [0.15, 0.2) is 18.2 Å². The van der Waals surface area contributed by atoms with Crippen LogP contribution in [-0.2, 0) is 0 Å². The number of aliphatic hydroxyl groups is 1. The molecule has 1 aromatic rings. The van der Waals surface area contributed by atoms with Crippen LogP contribution in [0.2, 0.25) is 0 Å². The fourth-order valence-corrected chi connectivity index (χ4v) is 1.57. The number of nitro benzene ring substituents is 1. The molecule has 112 valence electrons. The molecule has 1 aromatic carbocycles. The van der Waals surface area contributed by atoms with E-state index in [0.717, 1.165) is 25.1 Å². The first-order chi connectivity index (χ1) is 9.35. The summed E-state index contributed by atoms with van der Waals surface area (Å²) >= 11 is 0. The first-order valence-corrected chi connectivity index (χ1v) is 6.35. The predicted octanol–water partition coefficient (Wildman–Crippen LogP) is 1.86. The maximum Gasteiger partial charge on any atom is 0.313 e. The van der Waals surface area contributed by atoms with Gasteiger partial charge in [-0.3, -0.25) is 10.1 Å². The van der Waals surface area contributed by atoms with E-state index in [-0.39, 0.29) is 12.4 Å². The Labute approximate surface area is 116 Å². The van der Waals surface area contributed by atoms with Gasteiger partial charge in [0.2, 0.25) is 0 Å². The van der Waals surface area contributed by atoms with Crippen LogP contribution in [0.25, 0.3) is 0 Å². The van der Waals surface area contributed by atoms with Crippen molar-refractivity contribution >= 4 is 5.69 Å². The summed E-state index contributed by atoms with van der Waals surface area (Å²) in [4.78, 5) is 10.1. The molecular formula is C13H19FN2O4. The lowest BCUT2D eigenvalue weighted by molar-refractivity contribution is -0.386. The molecule has 1 unspecified atom stereocenters. The van der Waals surface area contributed by atoms with E-state index in [2.05, 4.69) is 5.32 Å². The van der Waals surface area contributed by atoms with E-state index < -0.39 is 22.0 Å². The number of halogens is 1. The van der Waals surface area contributed by atoms with Crippen LogP contribution in [0.3, 0.4) is 0 Å². The average molecular weight is 286 g/mol. The number of hydrogen-bond donors (Lipinski definition) is 2. The van der Waals surface area contributed by atoms with Gasteiger partial charge in [0.05, 0.1) is 11.0 Å². The van der Waals surface area contributed by atoms with Crippen molar-refractivity contribution < 1.29 is 19.2 Å². The molecule has 1 rings (SSSR count). The van der Waals surface area contributed by atoms with E-state index in [9.17, 15) is 19.6 Å². The predicted molar refractivity (Wildman–Crippen MR) is 72.3 cm³/mol. The molecule has 0 aliphatic rings. The molecule has 20 heavy (non-hydrogen) atoms. The highest BCUT2D eigenvalue weighted by Gasteiger charge is 2.23. The van der Waals surface area contributed by atoms with Crippen LogP contribution in [-0.4, -0.2) is 35.3 Å². The molecule has 0 radical (unpaired) electrons. The van der Waals surface area contributed by atoms with Gasteiger partial charge in [0.15, 0.2) is 5.75 Å². The Bertz CT molecular complexity index is 466. The number of rotatable bonds is 8. The van der Waals surface area contributed by atoms with Gasteiger partial charge in [0.1, 0.15) is 18.0 Å². The fourth-order valence-electron chi connectivity index (χ4n) is 1.57. The Morgan fingerprint density at radius 2 is 2.25 bits per heavy atom. The van der Waals surface area contributed by atoms with Crippen molar-refractivity contribution in [2.45, 2.75) is 25.9 Å². The van der Waals surface area contributed by atoms with E-state index in [4.69, 9.17) is 4.74 Å². The molecule has 0 amide bonds. The van der Waals surface area contributed by atoms with Gasteiger partial charge in [-0.1, -0.05) is 6.92 Å². The van der Waals surface area contributed by atoms with Gasteiger partial charge >= 0.3 is 5.69 Å². The maximum absolute atomic E-state index is 13.0. The second-order valence-electron chi connectivity index (χ2n) is 4.83. The Balaban J connectivity index is 2.67. The normalized spacial score (nSPS) is 13.8. The molecule has 0 fully saturated rings. The number of nitro groups is 1. The highest BCUT2D eigenvalue weighted by Crippen LogP contribution is 2.28. The van der Waals surface area contributed by atoms with Crippen molar-refractivity contribution in [2.75, 3.05) is 19.7 Å². The largest absolute Gasteiger partial charge is 0.484 e. The third kappa shape index (κ3) is 5.10. The average Bonchev–Trinajstić information content (AvgIpc) is 2.37. The number of nitrogens with one attached hydrogen (secondary N) is 1. The zero-order chi connectivity index (χ0) is 15.2. The number of benzene rings is 1. The lowest BCUT2D eigenvalue weighted by Crippen LogP contribution is -2.43. The van der Waals surface area contributed by atoms with Crippen LogP contribution in [0.4, 0.5) is 10.1 Å². The Hall–Kier alpha value is -1.73. The quantitative estimate of drug-likeness (QED) is 0.433. The van der Waals surface area contributed by atoms with E-state index in [1.165, 1.54) is 6.07 Å². The molecule has 0 aromatic heterocycles. The Kier molecular flexibility index (Phi) is 5.84. The Morgan fingerprint density at radius 1 is 1.55 bits per heavy atom. The third-order valence-electron chi connectivity index (χ3n) is 2.59. The standard InChI is InChI=1S/C13H19FN2O4/c1-3-6-15-8-13(2,17)9-20-12-5-4-10(14)7-11(12)16(18)19/h4-5,7,15,17H,3,6,8-9H2,1-2H3. The molecule has 0 aliphatic carbocycles. The van der Waals surface area contributed by atoms with Crippen molar-refractivity contribution in [3.63, 3.8) is 0 Å². The minimum Gasteiger partial charge on any atom is -0.484 e. The van der Waals surface area contributed by atoms with Gasteiger partial charge in [-0.05, 0) is 32.0 Å². The van der Waals surface area contributed by atoms with Crippen molar-refractivity contribution in [2.24, 2.45) is 0 Å². The second kappa shape index (κ2) is 7.16. The van der Waals surface area contributed by atoms with Crippen LogP contribution in [0.5, 0.6) is 5.75 Å². The van der Waals surface area contributed by atoms with Crippen molar-refractivity contribution in [1.29, 1.82) is 0 Å². The van der Waals surface area contributed by atoms with Crippen molar-refractivity contribution in [3.05, 3.63) is 34.1 Å². The molecule has 0 bridgehead atoms. The fraction of sp³-hybridized carbons (Fsp3) is 0.538.